The lowest BCUT2D eigenvalue weighted by Crippen LogP contribution is -2.18. The molecule has 0 radical (unpaired) electrons. The Hall–Kier alpha value is -2.74. The molecule has 118 valence electrons. The first kappa shape index (κ1) is 17.3. The maximum absolute atomic E-state index is 13.7. The van der Waals surface area contributed by atoms with Crippen molar-refractivity contribution >= 4 is 12.1 Å². The van der Waals surface area contributed by atoms with Crippen molar-refractivity contribution in [1.82, 2.24) is 15.4 Å². The third-order valence-electron chi connectivity index (χ3n) is 2.69. The Morgan fingerprint density at radius 2 is 2.18 bits per heavy atom. The van der Waals surface area contributed by atoms with Crippen LogP contribution in [0.3, 0.4) is 0 Å². The molecule has 4 N–H and O–H groups in total. The number of hydrazine groups is 1. The number of amides is 1. The van der Waals surface area contributed by atoms with Gasteiger partial charge in [-0.1, -0.05) is 6.07 Å². The average molecular weight is 307 g/mol. The van der Waals surface area contributed by atoms with E-state index < -0.39 is 0 Å². The second-order valence-corrected chi connectivity index (χ2v) is 4.06. The van der Waals surface area contributed by atoms with Gasteiger partial charge in [-0.05, 0) is 19.1 Å². The van der Waals surface area contributed by atoms with Gasteiger partial charge in [0.25, 0.3) is 0 Å². The van der Waals surface area contributed by atoms with Crippen LogP contribution in [0.2, 0.25) is 0 Å². The summed E-state index contributed by atoms with van der Waals surface area (Å²) in [6.07, 6.45) is 3.42. The van der Waals surface area contributed by atoms with Gasteiger partial charge in [0.2, 0.25) is 6.41 Å². The van der Waals surface area contributed by atoms with Gasteiger partial charge in [-0.15, -0.1) is 0 Å². The quantitative estimate of drug-likeness (QED) is 0.331. The van der Waals surface area contributed by atoms with Gasteiger partial charge in [0, 0.05) is 18.3 Å². The maximum atomic E-state index is 13.7. The highest BCUT2D eigenvalue weighted by molar-refractivity contribution is 5.51. The summed E-state index contributed by atoms with van der Waals surface area (Å²) in [5.74, 6) is 4.67. The van der Waals surface area contributed by atoms with Crippen LogP contribution in [-0.4, -0.2) is 23.4 Å². The number of anilines is 1. The van der Waals surface area contributed by atoms with Crippen LogP contribution in [0, 0.1) is 12.7 Å². The number of ether oxygens (including phenoxy) is 1. The highest BCUT2D eigenvalue weighted by Gasteiger charge is 2.09. The fourth-order valence-corrected chi connectivity index (χ4v) is 1.61. The van der Waals surface area contributed by atoms with E-state index in [1.165, 1.54) is 12.4 Å². The van der Waals surface area contributed by atoms with E-state index in [1.807, 2.05) is 6.92 Å². The number of carbonyl (C=O) groups is 1. The molecule has 1 aromatic heterocycles. The second kappa shape index (κ2) is 9.24. The lowest BCUT2D eigenvalue weighted by molar-refractivity contribution is -0.109. The summed E-state index contributed by atoms with van der Waals surface area (Å²) in [6, 6.07) is 4.87. The van der Waals surface area contributed by atoms with Crippen LogP contribution in [0.1, 0.15) is 11.3 Å². The van der Waals surface area contributed by atoms with Crippen LogP contribution in [0.25, 0.3) is 0 Å². The standard InChI is InChI=1S/C13H14FN3O.CH4N2O/c1-9-13(6-16-8-17-9)18-7-10-11(14)4-3-5-12(10)15-2;2-3-1-4/h3-6,8,15H,7H2,1-2H3;1H,2H2,(H,3,4). The van der Waals surface area contributed by atoms with Crippen LogP contribution in [0.4, 0.5) is 10.1 Å². The van der Waals surface area contributed by atoms with E-state index in [9.17, 15) is 4.39 Å². The molecule has 1 heterocycles. The minimum atomic E-state index is -0.295. The normalized spacial score (nSPS) is 9.27. The van der Waals surface area contributed by atoms with Crippen molar-refractivity contribution in [2.75, 3.05) is 12.4 Å². The third-order valence-corrected chi connectivity index (χ3v) is 2.69. The Balaban J connectivity index is 0.000000541. The summed E-state index contributed by atoms with van der Waals surface area (Å²) in [7, 11) is 1.75. The number of nitrogens with two attached hydrogens (primary N) is 1. The van der Waals surface area contributed by atoms with Gasteiger partial charge >= 0.3 is 0 Å². The molecule has 0 saturated heterocycles. The summed E-state index contributed by atoms with van der Waals surface area (Å²) in [5, 5.41) is 2.94. The topological polar surface area (TPSA) is 102 Å². The van der Waals surface area contributed by atoms with Crippen LogP contribution in [-0.2, 0) is 11.4 Å². The zero-order chi connectivity index (χ0) is 16.4. The number of nitrogens with zero attached hydrogens (tertiary/aromatic N) is 2. The van der Waals surface area contributed by atoms with E-state index in [-0.39, 0.29) is 12.4 Å². The van der Waals surface area contributed by atoms with Gasteiger partial charge in [-0.3, -0.25) is 10.2 Å². The van der Waals surface area contributed by atoms with Crippen LogP contribution >= 0.6 is 0 Å². The summed E-state index contributed by atoms with van der Waals surface area (Å²) in [4.78, 5) is 16.8. The molecule has 0 aliphatic heterocycles. The van der Waals surface area contributed by atoms with Crippen molar-refractivity contribution in [3.63, 3.8) is 0 Å². The first-order valence-corrected chi connectivity index (χ1v) is 6.38. The predicted octanol–water partition coefficient (Wildman–Crippen LogP) is 1.15. The zero-order valence-corrected chi connectivity index (χ0v) is 12.3. The van der Waals surface area contributed by atoms with Crippen molar-refractivity contribution < 1.29 is 13.9 Å². The summed E-state index contributed by atoms with van der Waals surface area (Å²) in [5.41, 5.74) is 3.68. The number of hydrogen-bond acceptors (Lipinski definition) is 6. The number of hydrogen-bond donors (Lipinski definition) is 3. The third kappa shape index (κ3) is 4.98. The van der Waals surface area contributed by atoms with Crippen LogP contribution in [0.15, 0.2) is 30.7 Å². The molecule has 0 bridgehead atoms. The Labute approximate surface area is 127 Å². The fraction of sp³-hybridized carbons (Fsp3) is 0.214. The molecule has 0 unspecified atom stereocenters. The van der Waals surface area contributed by atoms with Crippen molar-refractivity contribution in [1.29, 1.82) is 0 Å². The van der Waals surface area contributed by atoms with E-state index in [4.69, 9.17) is 9.53 Å². The van der Waals surface area contributed by atoms with Crippen LogP contribution in [0.5, 0.6) is 5.75 Å². The largest absolute Gasteiger partial charge is 0.485 e. The number of aromatic nitrogens is 2. The van der Waals surface area contributed by atoms with Gasteiger partial charge in [0.1, 0.15) is 18.8 Å². The lowest BCUT2D eigenvalue weighted by atomic mass is 10.2. The number of aryl methyl sites for hydroxylation is 1. The molecule has 0 atom stereocenters. The number of rotatable bonds is 5. The predicted molar refractivity (Wildman–Crippen MR) is 80.4 cm³/mol. The zero-order valence-electron chi connectivity index (χ0n) is 12.3. The van der Waals surface area contributed by atoms with Gasteiger partial charge in [-0.25, -0.2) is 20.2 Å². The minimum Gasteiger partial charge on any atom is -0.485 e. The van der Waals surface area contributed by atoms with Gasteiger partial charge in [0.05, 0.1) is 11.9 Å². The van der Waals surface area contributed by atoms with E-state index in [0.29, 0.717) is 23.4 Å². The molecule has 2 aromatic rings. The number of benzene rings is 1. The van der Waals surface area contributed by atoms with Gasteiger partial charge in [0.15, 0.2) is 5.75 Å². The van der Waals surface area contributed by atoms with E-state index in [2.05, 4.69) is 21.1 Å². The van der Waals surface area contributed by atoms with Crippen molar-refractivity contribution in [2.45, 2.75) is 13.5 Å². The molecule has 22 heavy (non-hydrogen) atoms. The molecular formula is C14H18FN5O2. The van der Waals surface area contributed by atoms with E-state index >= 15 is 0 Å². The first-order chi connectivity index (χ1) is 10.6. The Morgan fingerprint density at radius 1 is 1.45 bits per heavy atom. The molecule has 0 saturated carbocycles. The Kier molecular flexibility index (Phi) is 7.27. The molecule has 1 amide bonds. The molecule has 2 rings (SSSR count). The molecular weight excluding hydrogens is 289 g/mol. The van der Waals surface area contributed by atoms with E-state index in [1.54, 1.807) is 30.8 Å². The number of halogens is 1. The summed E-state index contributed by atoms with van der Waals surface area (Å²) in [6.45, 7) is 1.95. The van der Waals surface area contributed by atoms with Gasteiger partial charge < -0.3 is 10.1 Å². The molecule has 0 fully saturated rings. The molecule has 0 aliphatic carbocycles. The van der Waals surface area contributed by atoms with Crippen molar-refractivity contribution in [3.05, 3.63) is 47.8 Å². The average Bonchev–Trinajstić information content (AvgIpc) is 2.55. The number of carbonyl (C=O) groups excluding carboxylic acids is 1. The summed E-state index contributed by atoms with van der Waals surface area (Å²) >= 11 is 0. The Bertz CT molecular complexity index is 610. The summed E-state index contributed by atoms with van der Waals surface area (Å²) < 4.78 is 19.2. The molecule has 0 spiro atoms. The lowest BCUT2D eigenvalue weighted by Gasteiger charge is -2.12. The highest BCUT2D eigenvalue weighted by Crippen LogP contribution is 2.21. The maximum Gasteiger partial charge on any atom is 0.221 e. The number of nitrogens with one attached hydrogen (secondary N) is 2. The van der Waals surface area contributed by atoms with Crippen LogP contribution < -0.4 is 21.3 Å². The molecule has 7 nitrogen and oxygen atoms in total. The monoisotopic (exact) mass is 307 g/mol. The minimum absolute atomic E-state index is 0.136. The van der Waals surface area contributed by atoms with Gasteiger partial charge in [-0.2, -0.15) is 0 Å². The smallest absolute Gasteiger partial charge is 0.221 e. The molecule has 8 heteroatoms. The molecule has 1 aromatic carbocycles. The highest BCUT2D eigenvalue weighted by atomic mass is 19.1. The first-order valence-electron chi connectivity index (χ1n) is 6.38. The van der Waals surface area contributed by atoms with Crippen molar-refractivity contribution in [2.24, 2.45) is 5.84 Å². The Morgan fingerprint density at radius 3 is 2.77 bits per heavy atom. The van der Waals surface area contributed by atoms with Crippen molar-refractivity contribution in [3.8, 4) is 5.75 Å². The SMILES string of the molecule is CNc1cccc(F)c1COc1cncnc1C.NNC=O. The van der Waals surface area contributed by atoms with E-state index in [0.717, 1.165) is 5.69 Å². The molecule has 0 aliphatic rings. The fourth-order valence-electron chi connectivity index (χ4n) is 1.61. The second-order valence-electron chi connectivity index (χ2n) is 4.06.